The van der Waals surface area contributed by atoms with Crippen LogP contribution in [0.4, 0.5) is 0 Å². The lowest BCUT2D eigenvalue weighted by atomic mass is 10.4. The Morgan fingerprint density at radius 1 is 1.56 bits per heavy atom. The van der Waals surface area contributed by atoms with Crippen LogP contribution in [0.3, 0.4) is 0 Å². The van der Waals surface area contributed by atoms with Gasteiger partial charge in [0.1, 0.15) is 0 Å². The second-order valence-corrected chi connectivity index (χ2v) is 2.47. The highest BCUT2D eigenvalue weighted by atomic mass is 14.3. The van der Waals surface area contributed by atoms with Crippen LogP contribution in [0.15, 0.2) is 36.5 Å². The van der Waals surface area contributed by atoms with Crippen molar-refractivity contribution in [3.8, 4) is 0 Å². The molecule has 0 bridgehead atoms. The maximum absolute atomic E-state index is 3.58. The first-order chi connectivity index (χ1) is 4.34. The maximum atomic E-state index is 3.58. The van der Waals surface area contributed by atoms with E-state index in [2.05, 4.69) is 19.6 Å². The second kappa shape index (κ2) is 2.67. The third-order valence-electron chi connectivity index (χ3n) is 1.57. The summed E-state index contributed by atoms with van der Waals surface area (Å²) in [5.41, 5.74) is 1.56. The highest BCUT2D eigenvalue weighted by Crippen LogP contribution is 2.36. The van der Waals surface area contributed by atoms with Crippen LogP contribution in [0.25, 0.3) is 0 Å². The molecule has 0 radical (unpaired) electrons. The summed E-state index contributed by atoms with van der Waals surface area (Å²) in [7, 11) is 0. The Morgan fingerprint density at radius 2 is 2.22 bits per heavy atom. The molecule has 0 aliphatic heterocycles. The average molecular weight is 120 g/mol. The van der Waals surface area contributed by atoms with Gasteiger partial charge in [0.05, 0.1) is 0 Å². The van der Waals surface area contributed by atoms with Crippen molar-refractivity contribution < 1.29 is 0 Å². The molecule has 0 N–H and O–H groups in total. The van der Waals surface area contributed by atoms with Gasteiger partial charge in [0, 0.05) is 0 Å². The topological polar surface area (TPSA) is 0 Å². The van der Waals surface area contributed by atoms with Crippen molar-refractivity contribution in [2.24, 2.45) is 5.92 Å². The van der Waals surface area contributed by atoms with E-state index in [-0.39, 0.29) is 0 Å². The Balaban J connectivity index is 2.33. The second-order valence-electron chi connectivity index (χ2n) is 2.47. The molecule has 1 saturated carbocycles. The standard InChI is InChI=1S/C9H12/c1-3-4-5-6-9-7-8(9)2/h3-6,8H,1,7H2,2H3. The molecule has 0 nitrogen and oxygen atoms in total. The van der Waals surface area contributed by atoms with Crippen LogP contribution in [0.1, 0.15) is 13.3 Å². The summed E-state index contributed by atoms with van der Waals surface area (Å²) in [4.78, 5) is 0. The SMILES string of the molecule is C=CC=CC=C1CC1C. The first-order valence-electron chi connectivity index (χ1n) is 3.32. The van der Waals surface area contributed by atoms with Crippen molar-refractivity contribution in [3.05, 3.63) is 36.5 Å². The van der Waals surface area contributed by atoms with E-state index in [4.69, 9.17) is 0 Å². The van der Waals surface area contributed by atoms with E-state index in [1.165, 1.54) is 6.42 Å². The molecule has 0 saturated heterocycles. The van der Waals surface area contributed by atoms with E-state index in [9.17, 15) is 0 Å². The van der Waals surface area contributed by atoms with Gasteiger partial charge in [-0.05, 0) is 12.3 Å². The fraction of sp³-hybridized carbons (Fsp3) is 0.333. The summed E-state index contributed by atoms with van der Waals surface area (Å²) in [6, 6.07) is 0. The Bertz CT molecular complexity index is 161. The van der Waals surface area contributed by atoms with Crippen LogP contribution < -0.4 is 0 Å². The minimum absolute atomic E-state index is 0.847. The molecule has 48 valence electrons. The highest BCUT2D eigenvalue weighted by molar-refractivity contribution is 5.27. The average Bonchev–Trinajstić information content (AvgIpc) is 2.48. The van der Waals surface area contributed by atoms with Crippen molar-refractivity contribution in [3.63, 3.8) is 0 Å². The van der Waals surface area contributed by atoms with Gasteiger partial charge in [0.15, 0.2) is 0 Å². The summed E-state index contributed by atoms with van der Waals surface area (Å²) < 4.78 is 0. The molecule has 1 aliphatic carbocycles. The lowest BCUT2D eigenvalue weighted by molar-refractivity contribution is 1.02. The smallest absolute Gasteiger partial charge is 0.0191 e. The Morgan fingerprint density at radius 3 is 2.67 bits per heavy atom. The van der Waals surface area contributed by atoms with Crippen molar-refractivity contribution >= 4 is 0 Å². The summed E-state index contributed by atoms with van der Waals surface area (Å²) in [6.07, 6.45) is 9.27. The number of allylic oxidation sites excluding steroid dienone is 5. The third-order valence-corrected chi connectivity index (χ3v) is 1.57. The molecule has 0 amide bonds. The van der Waals surface area contributed by atoms with Crippen LogP contribution in [0, 0.1) is 5.92 Å². The lowest BCUT2D eigenvalue weighted by Crippen LogP contribution is -1.53. The molecule has 0 heteroatoms. The van der Waals surface area contributed by atoms with Gasteiger partial charge in [0.2, 0.25) is 0 Å². The van der Waals surface area contributed by atoms with Gasteiger partial charge in [-0.2, -0.15) is 0 Å². The van der Waals surface area contributed by atoms with Crippen molar-refractivity contribution in [1.29, 1.82) is 0 Å². The Labute approximate surface area is 56.6 Å². The molecule has 1 fully saturated rings. The van der Waals surface area contributed by atoms with Gasteiger partial charge in [-0.3, -0.25) is 0 Å². The van der Waals surface area contributed by atoms with Gasteiger partial charge < -0.3 is 0 Å². The molecular formula is C9H12. The molecule has 0 spiro atoms. The number of hydrogen-bond donors (Lipinski definition) is 0. The van der Waals surface area contributed by atoms with Crippen molar-refractivity contribution in [2.45, 2.75) is 13.3 Å². The molecule has 1 rings (SSSR count). The first-order valence-corrected chi connectivity index (χ1v) is 3.32. The first kappa shape index (κ1) is 6.34. The van der Waals surface area contributed by atoms with Gasteiger partial charge in [-0.25, -0.2) is 0 Å². The van der Waals surface area contributed by atoms with E-state index in [0.29, 0.717) is 0 Å². The molecule has 1 aliphatic rings. The van der Waals surface area contributed by atoms with E-state index in [1.54, 1.807) is 11.6 Å². The minimum Gasteiger partial charge on any atom is -0.0991 e. The van der Waals surface area contributed by atoms with E-state index in [1.807, 2.05) is 12.2 Å². The zero-order valence-corrected chi connectivity index (χ0v) is 5.80. The Kier molecular flexibility index (Phi) is 1.88. The van der Waals surface area contributed by atoms with Crippen LogP contribution >= 0.6 is 0 Å². The molecule has 0 aromatic heterocycles. The normalized spacial score (nSPS) is 29.4. The maximum Gasteiger partial charge on any atom is -0.0191 e. The number of rotatable bonds is 2. The molecule has 1 unspecified atom stereocenters. The van der Waals surface area contributed by atoms with Crippen LogP contribution in [0.2, 0.25) is 0 Å². The summed E-state index contributed by atoms with van der Waals surface area (Å²) in [5.74, 6) is 0.847. The van der Waals surface area contributed by atoms with Gasteiger partial charge in [0.25, 0.3) is 0 Å². The third kappa shape index (κ3) is 1.88. The van der Waals surface area contributed by atoms with Crippen LogP contribution in [-0.4, -0.2) is 0 Å². The fourth-order valence-electron chi connectivity index (χ4n) is 0.785. The number of hydrogen-bond acceptors (Lipinski definition) is 0. The largest absolute Gasteiger partial charge is 0.0991 e. The lowest BCUT2D eigenvalue weighted by Gasteiger charge is -1.70. The van der Waals surface area contributed by atoms with E-state index >= 15 is 0 Å². The quantitative estimate of drug-likeness (QED) is 0.491. The molecule has 9 heavy (non-hydrogen) atoms. The molecular weight excluding hydrogens is 108 g/mol. The molecule has 0 heterocycles. The fourth-order valence-corrected chi connectivity index (χ4v) is 0.785. The Hall–Kier alpha value is -0.780. The summed E-state index contributed by atoms with van der Waals surface area (Å²) in [6.45, 7) is 5.82. The van der Waals surface area contributed by atoms with E-state index < -0.39 is 0 Å². The molecule has 0 aromatic carbocycles. The minimum atomic E-state index is 0.847. The van der Waals surface area contributed by atoms with Crippen LogP contribution in [0.5, 0.6) is 0 Å². The van der Waals surface area contributed by atoms with Crippen molar-refractivity contribution in [1.82, 2.24) is 0 Å². The predicted octanol–water partition coefficient (Wildman–Crippen LogP) is 2.69. The monoisotopic (exact) mass is 120 g/mol. The zero-order valence-electron chi connectivity index (χ0n) is 5.80. The van der Waals surface area contributed by atoms with Crippen molar-refractivity contribution in [2.75, 3.05) is 0 Å². The predicted molar refractivity (Wildman–Crippen MR) is 41.2 cm³/mol. The molecule has 0 aromatic rings. The van der Waals surface area contributed by atoms with Gasteiger partial charge >= 0.3 is 0 Å². The summed E-state index contributed by atoms with van der Waals surface area (Å²) in [5, 5.41) is 0. The van der Waals surface area contributed by atoms with Gasteiger partial charge in [-0.15, -0.1) is 0 Å². The summed E-state index contributed by atoms with van der Waals surface area (Å²) >= 11 is 0. The van der Waals surface area contributed by atoms with E-state index in [0.717, 1.165) is 5.92 Å². The van der Waals surface area contributed by atoms with Gasteiger partial charge in [-0.1, -0.05) is 43.4 Å². The zero-order chi connectivity index (χ0) is 6.69. The van der Waals surface area contributed by atoms with Crippen LogP contribution in [-0.2, 0) is 0 Å². The highest BCUT2D eigenvalue weighted by Gasteiger charge is 2.22. The molecule has 1 atom stereocenters.